The Morgan fingerprint density at radius 3 is 2.33 bits per heavy atom. The number of ether oxygens (including phenoxy) is 1. The van der Waals surface area contributed by atoms with Crippen LogP contribution in [-0.4, -0.2) is 63.2 Å². The molecule has 0 aliphatic carbocycles. The monoisotopic (exact) mass is 354 g/mol. The van der Waals surface area contributed by atoms with Crippen molar-refractivity contribution in [3.63, 3.8) is 0 Å². The van der Waals surface area contributed by atoms with Crippen LogP contribution in [0.15, 0.2) is 23.1 Å². The number of carboxylic acid groups (broad SMARTS) is 1. The Hall–Kier alpha value is -1.64. The van der Waals surface area contributed by atoms with Gasteiger partial charge in [0.05, 0.1) is 29.4 Å². The number of aromatic carboxylic acids is 1. The normalized spacial score (nSPS) is 20.1. The molecule has 0 spiro atoms. The van der Waals surface area contributed by atoms with Crippen LogP contribution in [0.3, 0.4) is 0 Å². The Balaban J connectivity index is 1.95. The molecule has 2 aliphatic heterocycles. The molecule has 0 unspecified atom stereocenters. The third kappa shape index (κ3) is 3.40. The largest absolute Gasteiger partial charge is 0.478 e. The molecule has 0 atom stereocenters. The van der Waals surface area contributed by atoms with Crippen molar-refractivity contribution in [2.45, 2.75) is 24.2 Å². The molecule has 2 heterocycles. The second kappa shape index (κ2) is 7.08. The van der Waals surface area contributed by atoms with Gasteiger partial charge in [-0.2, -0.15) is 4.31 Å². The van der Waals surface area contributed by atoms with E-state index in [-0.39, 0.29) is 10.5 Å². The topological polar surface area (TPSA) is 87.1 Å². The van der Waals surface area contributed by atoms with Crippen LogP contribution in [0.5, 0.6) is 0 Å². The molecule has 132 valence electrons. The van der Waals surface area contributed by atoms with Crippen molar-refractivity contribution < 1.29 is 23.1 Å². The first-order valence-corrected chi connectivity index (χ1v) is 9.64. The summed E-state index contributed by atoms with van der Waals surface area (Å²) in [6.45, 7) is 3.25. The molecule has 0 aromatic heterocycles. The number of hydrogen-bond donors (Lipinski definition) is 1. The average Bonchev–Trinajstić information content (AvgIpc) is 2.62. The maximum Gasteiger partial charge on any atom is 0.337 e. The number of benzene rings is 1. The molecule has 24 heavy (non-hydrogen) atoms. The van der Waals surface area contributed by atoms with Crippen LogP contribution in [0.1, 0.15) is 29.6 Å². The number of nitrogens with zero attached hydrogens (tertiary/aromatic N) is 2. The fourth-order valence-electron chi connectivity index (χ4n) is 3.18. The third-order valence-corrected chi connectivity index (χ3v) is 6.40. The van der Waals surface area contributed by atoms with Gasteiger partial charge < -0.3 is 14.7 Å². The van der Waals surface area contributed by atoms with Gasteiger partial charge in [-0.1, -0.05) is 6.42 Å². The minimum absolute atomic E-state index is 0.0231. The number of carbonyl (C=O) groups is 1. The number of rotatable bonds is 4. The zero-order valence-electron chi connectivity index (χ0n) is 13.5. The van der Waals surface area contributed by atoms with Crippen molar-refractivity contribution in [2.75, 3.05) is 44.3 Å². The zero-order valence-corrected chi connectivity index (χ0v) is 14.3. The van der Waals surface area contributed by atoms with Crippen molar-refractivity contribution in [2.24, 2.45) is 0 Å². The van der Waals surface area contributed by atoms with E-state index in [4.69, 9.17) is 4.74 Å². The molecule has 2 fully saturated rings. The van der Waals surface area contributed by atoms with Crippen LogP contribution >= 0.6 is 0 Å². The molecule has 8 heteroatoms. The minimum atomic E-state index is -3.64. The van der Waals surface area contributed by atoms with Crippen LogP contribution in [0.25, 0.3) is 0 Å². The van der Waals surface area contributed by atoms with Crippen LogP contribution in [0.4, 0.5) is 5.69 Å². The molecular weight excluding hydrogens is 332 g/mol. The summed E-state index contributed by atoms with van der Waals surface area (Å²) in [6, 6.07) is 4.41. The minimum Gasteiger partial charge on any atom is -0.478 e. The van der Waals surface area contributed by atoms with Gasteiger partial charge in [-0.15, -0.1) is 0 Å². The van der Waals surface area contributed by atoms with E-state index in [0.29, 0.717) is 45.1 Å². The second-order valence-corrected chi connectivity index (χ2v) is 7.99. The van der Waals surface area contributed by atoms with Gasteiger partial charge in [-0.05, 0) is 31.0 Å². The lowest BCUT2D eigenvalue weighted by Gasteiger charge is -2.30. The molecule has 7 nitrogen and oxygen atoms in total. The molecule has 0 bridgehead atoms. The van der Waals surface area contributed by atoms with E-state index in [1.165, 1.54) is 16.4 Å². The van der Waals surface area contributed by atoms with Gasteiger partial charge >= 0.3 is 5.97 Å². The van der Waals surface area contributed by atoms with E-state index in [0.717, 1.165) is 19.3 Å². The molecule has 0 amide bonds. The Morgan fingerprint density at radius 2 is 1.71 bits per heavy atom. The van der Waals surface area contributed by atoms with Crippen LogP contribution in [0.2, 0.25) is 0 Å². The van der Waals surface area contributed by atoms with Crippen molar-refractivity contribution in [3.05, 3.63) is 23.8 Å². The fourth-order valence-corrected chi connectivity index (χ4v) is 4.73. The quantitative estimate of drug-likeness (QED) is 0.879. The molecule has 1 N–H and O–H groups in total. The third-order valence-electron chi connectivity index (χ3n) is 4.50. The van der Waals surface area contributed by atoms with E-state index in [1.54, 1.807) is 6.07 Å². The van der Waals surface area contributed by atoms with E-state index in [2.05, 4.69) is 0 Å². The highest BCUT2D eigenvalue weighted by atomic mass is 32.2. The number of hydrogen-bond acceptors (Lipinski definition) is 5. The predicted molar refractivity (Wildman–Crippen MR) is 89.0 cm³/mol. The van der Waals surface area contributed by atoms with E-state index < -0.39 is 16.0 Å². The highest BCUT2D eigenvalue weighted by molar-refractivity contribution is 7.89. The van der Waals surface area contributed by atoms with Crippen molar-refractivity contribution in [1.82, 2.24) is 4.31 Å². The van der Waals surface area contributed by atoms with Crippen molar-refractivity contribution >= 4 is 21.7 Å². The summed E-state index contributed by atoms with van der Waals surface area (Å²) < 4.78 is 32.2. The maximum absolute atomic E-state index is 12.7. The summed E-state index contributed by atoms with van der Waals surface area (Å²) in [4.78, 5) is 13.6. The lowest BCUT2D eigenvalue weighted by Crippen LogP contribution is -2.37. The zero-order chi connectivity index (χ0) is 17.2. The number of piperidine rings is 1. The Bertz CT molecular complexity index is 707. The molecule has 3 rings (SSSR count). The molecule has 1 aromatic rings. The number of morpholine rings is 1. The van der Waals surface area contributed by atoms with Crippen molar-refractivity contribution in [3.8, 4) is 0 Å². The SMILES string of the molecule is O=C(O)c1cc(S(=O)(=O)N2CCCCC2)ccc1N1CCOCC1. The van der Waals surface area contributed by atoms with Gasteiger partial charge in [-0.25, -0.2) is 13.2 Å². The summed E-state index contributed by atoms with van der Waals surface area (Å²) >= 11 is 0. The average molecular weight is 354 g/mol. The Labute approximate surface area is 141 Å². The Kier molecular flexibility index (Phi) is 5.07. The molecule has 0 radical (unpaired) electrons. The van der Waals surface area contributed by atoms with Gasteiger partial charge in [0, 0.05) is 26.2 Å². The summed E-state index contributed by atoms with van der Waals surface area (Å²) in [6.07, 6.45) is 2.72. The lowest BCUT2D eigenvalue weighted by atomic mass is 10.1. The smallest absolute Gasteiger partial charge is 0.337 e. The number of anilines is 1. The standard InChI is InChI=1S/C16H22N2O5S/c19-16(20)14-12-13(24(21,22)18-6-2-1-3-7-18)4-5-15(14)17-8-10-23-11-9-17/h4-5,12H,1-3,6-11H2,(H,19,20). The summed E-state index contributed by atoms with van der Waals surface area (Å²) in [5.41, 5.74) is 0.568. The first kappa shape index (κ1) is 17.2. The van der Waals surface area contributed by atoms with Gasteiger partial charge in [0.2, 0.25) is 10.0 Å². The predicted octanol–water partition coefficient (Wildman–Crippen LogP) is 1.40. The van der Waals surface area contributed by atoms with Crippen molar-refractivity contribution in [1.29, 1.82) is 0 Å². The fraction of sp³-hybridized carbons (Fsp3) is 0.562. The van der Waals surface area contributed by atoms with Crippen LogP contribution in [-0.2, 0) is 14.8 Å². The highest BCUT2D eigenvalue weighted by Gasteiger charge is 2.28. The Morgan fingerprint density at radius 1 is 1.04 bits per heavy atom. The molecule has 2 saturated heterocycles. The van der Waals surface area contributed by atoms with Gasteiger partial charge in [0.25, 0.3) is 0 Å². The van der Waals surface area contributed by atoms with E-state index >= 15 is 0 Å². The van der Waals surface area contributed by atoms with E-state index in [9.17, 15) is 18.3 Å². The first-order valence-electron chi connectivity index (χ1n) is 8.20. The van der Waals surface area contributed by atoms with Gasteiger partial charge in [-0.3, -0.25) is 0 Å². The molecular formula is C16H22N2O5S. The molecule has 2 aliphatic rings. The second-order valence-electron chi connectivity index (χ2n) is 6.05. The first-order chi connectivity index (χ1) is 11.5. The number of carboxylic acids is 1. The number of sulfonamides is 1. The maximum atomic E-state index is 12.7. The molecule has 1 aromatic carbocycles. The van der Waals surface area contributed by atoms with Gasteiger partial charge in [0.15, 0.2) is 0 Å². The van der Waals surface area contributed by atoms with Crippen LogP contribution < -0.4 is 4.90 Å². The summed E-state index contributed by atoms with van der Waals surface area (Å²) in [5.74, 6) is -1.12. The van der Waals surface area contributed by atoms with E-state index in [1.807, 2.05) is 4.90 Å². The van der Waals surface area contributed by atoms with Gasteiger partial charge in [0.1, 0.15) is 0 Å². The summed E-state index contributed by atoms with van der Waals surface area (Å²) in [5, 5.41) is 9.53. The summed E-state index contributed by atoms with van der Waals surface area (Å²) in [7, 11) is -3.64. The lowest BCUT2D eigenvalue weighted by molar-refractivity contribution is 0.0696. The van der Waals surface area contributed by atoms with Crippen LogP contribution in [0, 0.1) is 0 Å². The molecule has 0 saturated carbocycles. The highest BCUT2D eigenvalue weighted by Crippen LogP contribution is 2.28.